The molecule has 0 saturated heterocycles. The van der Waals surface area contributed by atoms with Crippen LogP contribution in [-0.4, -0.2) is 5.78 Å². The molecule has 3 rings (SSSR count). The van der Waals surface area contributed by atoms with Crippen LogP contribution in [0.4, 0.5) is 0 Å². The smallest absolute Gasteiger partial charge is 0.163 e. The molecule has 0 bridgehead atoms. The lowest BCUT2D eigenvalue weighted by molar-refractivity contribution is 0.0920. The van der Waals surface area contributed by atoms with Crippen LogP contribution in [0.15, 0.2) is 18.2 Å². The van der Waals surface area contributed by atoms with E-state index in [1.54, 1.807) is 0 Å². The van der Waals surface area contributed by atoms with Gasteiger partial charge in [-0.25, -0.2) is 0 Å². The van der Waals surface area contributed by atoms with Crippen molar-refractivity contribution >= 4 is 5.78 Å². The predicted molar refractivity (Wildman–Crippen MR) is 64.9 cm³/mol. The van der Waals surface area contributed by atoms with Gasteiger partial charge in [0.25, 0.3) is 0 Å². The summed E-state index contributed by atoms with van der Waals surface area (Å²) in [7, 11) is 0. The van der Waals surface area contributed by atoms with Crippen LogP contribution in [-0.2, 0) is 11.8 Å². The van der Waals surface area contributed by atoms with Crippen LogP contribution in [0.1, 0.15) is 60.5 Å². The van der Waals surface area contributed by atoms with Crippen molar-refractivity contribution in [1.82, 2.24) is 0 Å². The fourth-order valence-electron chi connectivity index (χ4n) is 3.24. The summed E-state index contributed by atoms with van der Waals surface area (Å²) in [6.07, 6.45) is 6.84. The third-order valence-corrected chi connectivity index (χ3v) is 4.51. The van der Waals surface area contributed by atoms with Gasteiger partial charge < -0.3 is 0 Å². The maximum absolute atomic E-state index is 11.9. The van der Waals surface area contributed by atoms with Crippen LogP contribution < -0.4 is 0 Å². The number of aryl methyl sites for hydroxylation is 1. The van der Waals surface area contributed by atoms with Crippen LogP contribution in [0.25, 0.3) is 0 Å². The normalized spacial score (nSPS) is 21.7. The first kappa shape index (κ1) is 10.1. The van der Waals surface area contributed by atoms with E-state index < -0.39 is 0 Å². The van der Waals surface area contributed by atoms with E-state index in [-0.39, 0.29) is 0 Å². The second kappa shape index (κ2) is 3.44. The molecular weight excluding hydrogens is 196 g/mol. The molecule has 0 atom stereocenters. The Morgan fingerprint density at radius 1 is 1.25 bits per heavy atom. The second-order valence-corrected chi connectivity index (χ2v) is 5.29. The zero-order valence-electron chi connectivity index (χ0n) is 9.88. The molecule has 1 saturated carbocycles. The first-order chi connectivity index (χ1) is 7.75. The summed E-state index contributed by atoms with van der Waals surface area (Å²) in [6.45, 7) is 2.18. The van der Waals surface area contributed by atoms with Crippen LogP contribution in [0.3, 0.4) is 0 Å². The van der Waals surface area contributed by atoms with Gasteiger partial charge in [-0.3, -0.25) is 4.79 Å². The molecule has 0 N–H and O–H groups in total. The number of benzene rings is 1. The minimum absolute atomic E-state index is 0.357. The van der Waals surface area contributed by atoms with E-state index >= 15 is 0 Å². The summed E-state index contributed by atoms with van der Waals surface area (Å²) in [6, 6.07) is 6.48. The van der Waals surface area contributed by atoms with Crippen molar-refractivity contribution in [2.75, 3.05) is 0 Å². The molecule has 84 valence electrons. The first-order valence-corrected chi connectivity index (χ1v) is 6.42. The number of hydrogen-bond acceptors (Lipinski definition) is 1. The Morgan fingerprint density at radius 2 is 2.06 bits per heavy atom. The minimum Gasteiger partial charge on any atom is -0.294 e. The Bertz CT molecular complexity index is 441. The summed E-state index contributed by atoms with van der Waals surface area (Å²) in [5.74, 6) is 0.357. The number of ketones is 1. The SMILES string of the molecule is CCc1ccc2c(c1)C1(CCC1)CCC2=O. The fourth-order valence-corrected chi connectivity index (χ4v) is 3.24. The van der Waals surface area contributed by atoms with E-state index in [4.69, 9.17) is 0 Å². The van der Waals surface area contributed by atoms with Crippen LogP contribution in [0, 0.1) is 0 Å². The highest BCUT2D eigenvalue weighted by molar-refractivity contribution is 5.99. The summed E-state index contributed by atoms with van der Waals surface area (Å²) in [5.41, 5.74) is 4.14. The molecule has 1 aromatic carbocycles. The molecule has 2 aliphatic rings. The second-order valence-electron chi connectivity index (χ2n) is 5.29. The van der Waals surface area contributed by atoms with Gasteiger partial charge in [0.2, 0.25) is 0 Å². The molecule has 1 spiro atoms. The zero-order chi connectivity index (χ0) is 11.2. The Balaban J connectivity index is 2.14. The molecule has 1 fully saturated rings. The largest absolute Gasteiger partial charge is 0.294 e. The summed E-state index contributed by atoms with van der Waals surface area (Å²) >= 11 is 0. The Morgan fingerprint density at radius 3 is 2.69 bits per heavy atom. The van der Waals surface area contributed by atoms with E-state index in [9.17, 15) is 4.79 Å². The molecule has 1 aromatic rings. The molecule has 1 nitrogen and oxygen atoms in total. The van der Waals surface area contributed by atoms with Crippen molar-refractivity contribution < 1.29 is 4.79 Å². The van der Waals surface area contributed by atoms with Gasteiger partial charge in [0.05, 0.1) is 0 Å². The number of carbonyl (C=O) groups is 1. The number of Topliss-reactive ketones (excluding diaryl/α,β-unsaturated/α-hetero) is 1. The molecule has 0 heterocycles. The summed E-state index contributed by atoms with van der Waals surface area (Å²) in [5, 5.41) is 0. The van der Waals surface area contributed by atoms with Gasteiger partial charge in [-0.15, -0.1) is 0 Å². The molecule has 16 heavy (non-hydrogen) atoms. The number of fused-ring (bicyclic) bond motifs is 2. The van der Waals surface area contributed by atoms with Crippen LogP contribution in [0.5, 0.6) is 0 Å². The van der Waals surface area contributed by atoms with Gasteiger partial charge in [0.15, 0.2) is 5.78 Å². The quantitative estimate of drug-likeness (QED) is 0.697. The Labute approximate surface area is 96.9 Å². The number of hydrogen-bond donors (Lipinski definition) is 0. The van der Waals surface area contributed by atoms with Gasteiger partial charge in [0.1, 0.15) is 0 Å². The first-order valence-electron chi connectivity index (χ1n) is 6.42. The predicted octanol–water partition coefficient (Wildman–Crippen LogP) is 3.65. The monoisotopic (exact) mass is 214 g/mol. The number of rotatable bonds is 1. The van der Waals surface area contributed by atoms with Crippen molar-refractivity contribution in [3.63, 3.8) is 0 Å². The third-order valence-electron chi connectivity index (χ3n) is 4.51. The van der Waals surface area contributed by atoms with Gasteiger partial charge in [-0.2, -0.15) is 0 Å². The van der Waals surface area contributed by atoms with E-state index in [0.29, 0.717) is 11.2 Å². The highest BCUT2D eigenvalue weighted by Gasteiger charge is 2.43. The third kappa shape index (κ3) is 1.27. The minimum atomic E-state index is 0.357. The van der Waals surface area contributed by atoms with Crippen LogP contribution >= 0.6 is 0 Å². The molecule has 1 heteroatoms. The van der Waals surface area contributed by atoms with E-state index in [2.05, 4.69) is 25.1 Å². The van der Waals surface area contributed by atoms with Gasteiger partial charge in [0, 0.05) is 12.0 Å². The van der Waals surface area contributed by atoms with Crippen molar-refractivity contribution in [1.29, 1.82) is 0 Å². The molecule has 0 aromatic heterocycles. The van der Waals surface area contributed by atoms with Crippen LogP contribution in [0.2, 0.25) is 0 Å². The van der Waals surface area contributed by atoms with Crippen molar-refractivity contribution in [3.05, 3.63) is 34.9 Å². The van der Waals surface area contributed by atoms with Gasteiger partial charge in [-0.1, -0.05) is 31.5 Å². The van der Waals surface area contributed by atoms with Crippen molar-refractivity contribution in [2.24, 2.45) is 0 Å². The van der Waals surface area contributed by atoms with E-state index in [1.165, 1.54) is 30.4 Å². The molecule has 0 aliphatic heterocycles. The van der Waals surface area contributed by atoms with Crippen molar-refractivity contribution in [3.8, 4) is 0 Å². The lowest BCUT2D eigenvalue weighted by Crippen LogP contribution is -2.39. The summed E-state index contributed by atoms with van der Waals surface area (Å²) < 4.78 is 0. The highest BCUT2D eigenvalue weighted by Crippen LogP contribution is 2.51. The number of carbonyl (C=O) groups excluding carboxylic acids is 1. The van der Waals surface area contributed by atoms with Gasteiger partial charge in [-0.05, 0) is 42.2 Å². The molecule has 0 amide bonds. The average Bonchev–Trinajstić information content (AvgIpc) is 2.27. The molecule has 2 aliphatic carbocycles. The maximum Gasteiger partial charge on any atom is 0.163 e. The lowest BCUT2D eigenvalue weighted by Gasteiger charge is -2.46. The van der Waals surface area contributed by atoms with E-state index in [0.717, 1.165) is 24.8 Å². The highest BCUT2D eigenvalue weighted by atomic mass is 16.1. The van der Waals surface area contributed by atoms with Crippen molar-refractivity contribution in [2.45, 2.75) is 50.9 Å². The average molecular weight is 214 g/mol. The topological polar surface area (TPSA) is 17.1 Å². The summed E-state index contributed by atoms with van der Waals surface area (Å²) in [4.78, 5) is 11.9. The Kier molecular flexibility index (Phi) is 2.17. The maximum atomic E-state index is 11.9. The fraction of sp³-hybridized carbons (Fsp3) is 0.533. The molecule has 0 unspecified atom stereocenters. The zero-order valence-corrected chi connectivity index (χ0v) is 9.88. The lowest BCUT2D eigenvalue weighted by atomic mass is 9.58. The standard InChI is InChI=1S/C15H18O/c1-2-11-4-5-12-13(10-11)15(7-3-8-15)9-6-14(12)16/h4-5,10H,2-3,6-9H2,1H3. The molecule has 0 radical (unpaired) electrons. The Hall–Kier alpha value is -1.11. The van der Waals surface area contributed by atoms with E-state index in [1.807, 2.05) is 0 Å². The molecular formula is C15H18O. The van der Waals surface area contributed by atoms with Gasteiger partial charge >= 0.3 is 0 Å².